The second kappa shape index (κ2) is 4.18. The Balaban J connectivity index is 1.65. The van der Waals surface area contributed by atoms with Gasteiger partial charge in [-0.15, -0.1) is 11.3 Å². The molecule has 1 unspecified atom stereocenters. The van der Waals surface area contributed by atoms with Crippen molar-refractivity contribution in [1.82, 2.24) is 10.2 Å². The summed E-state index contributed by atoms with van der Waals surface area (Å²) >= 11 is 1.51. The Morgan fingerprint density at radius 3 is 2.81 bits per heavy atom. The number of piperidine rings is 3. The summed E-state index contributed by atoms with van der Waals surface area (Å²) < 4.78 is 0. The molecule has 0 aromatic carbocycles. The second-order valence-corrected chi connectivity index (χ2v) is 5.64. The van der Waals surface area contributed by atoms with Crippen LogP contribution in [0.25, 0.3) is 0 Å². The Labute approximate surface area is 99.5 Å². The number of nitrogens with one attached hydrogen (secondary N) is 1. The molecule has 0 aliphatic carbocycles. The lowest BCUT2D eigenvalue weighted by Crippen LogP contribution is -2.57. The van der Waals surface area contributed by atoms with Gasteiger partial charge < -0.3 is 10.2 Å². The molecule has 0 radical (unpaired) electrons. The van der Waals surface area contributed by atoms with Gasteiger partial charge in [0.1, 0.15) is 0 Å². The first-order valence-electron chi connectivity index (χ1n) is 5.89. The molecule has 1 aromatic heterocycles. The van der Waals surface area contributed by atoms with Crippen LogP contribution in [0.2, 0.25) is 0 Å². The first-order chi connectivity index (χ1) is 7.83. The molecule has 0 spiro atoms. The van der Waals surface area contributed by atoms with E-state index in [2.05, 4.69) is 10.2 Å². The average Bonchev–Trinajstić information content (AvgIpc) is 2.84. The van der Waals surface area contributed by atoms with E-state index >= 15 is 0 Å². The molecule has 1 N–H and O–H groups in total. The Hall–Kier alpha value is -0.870. The smallest absolute Gasteiger partial charge is 0.261 e. The highest BCUT2D eigenvalue weighted by atomic mass is 32.1. The summed E-state index contributed by atoms with van der Waals surface area (Å²) in [6.45, 7) is 3.48. The number of nitrogens with zero attached hydrogens (tertiary/aromatic N) is 1. The summed E-state index contributed by atoms with van der Waals surface area (Å²) in [4.78, 5) is 15.2. The molecule has 3 fully saturated rings. The molecule has 3 aliphatic heterocycles. The number of carbonyl (C=O) groups excluding carboxylic acids is 1. The molecule has 4 rings (SSSR count). The highest BCUT2D eigenvalue weighted by molar-refractivity contribution is 7.12. The Bertz CT molecular complexity index is 368. The molecule has 16 heavy (non-hydrogen) atoms. The molecule has 1 atom stereocenters. The number of rotatable bonds is 2. The van der Waals surface area contributed by atoms with E-state index in [4.69, 9.17) is 0 Å². The molecule has 1 amide bonds. The van der Waals surface area contributed by atoms with Gasteiger partial charge in [0.15, 0.2) is 0 Å². The number of fused-ring (bicyclic) bond motifs is 3. The van der Waals surface area contributed by atoms with Crippen LogP contribution in [0.5, 0.6) is 0 Å². The van der Waals surface area contributed by atoms with Gasteiger partial charge >= 0.3 is 0 Å². The first-order valence-corrected chi connectivity index (χ1v) is 6.77. The van der Waals surface area contributed by atoms with Crippen LogP contribution < -0.4 is 5.32 Å². The molecule has 3 saturated heterocycles. The van der Waals surface area contributed by atoms with E-state index in [1.165, 1.54) is 37.3 Å². The van der Waals surface area contributed by atoms with Gasteiger partial charge in [-0.1, -0.05) is 6.07 Å². The van der Waals surface area contributed by atoms with E-state index in [-0.39, 0.29) is 5.91 Å². The van der Waals surface area contributed by atoms with Gasteiger partial charge in [0, 0.05) is 12.6 Å². The molecule has 4 heteroatoms. The highest BCUT2D eigenvalue weighted by Gasteiger charge is 2.34. The van der Waals surface area contributed by atoms with Crippen molar-refractivity contribution in [2.24, 2.45) is 5.92 Å². The maximum Gasteiger partial charge on any atom is 0.261 e. The number of hydrogen-bond acceptors (Lipinski definition) is 3. The van der Waals surface area contributed by atoms with E-state index in [1.807, 2.05) is 17.5 Å². The zero-order valence-electron chi connectivity index (χ0n) is 9.19. The fourth-order valence-electron chi connectivity index (χ4n) is 2.78. The Kier molecular flexibility index (Phi) is 2.69. The molecule has 0 saturated carbocycles. The van der Waals surface area contributed by atoms with E-state index in [1.54, 1.807) is 0 Å². The average molecular weight is 236 g/mol. The lowest BCUT2D eigenvalue weighted by molar-refractivity contribution is 0.0622. The lowest BCUT2D eigenvalue weighted by Gasteiger charge is -2.44. The van der Waals surface area contributed by atoms with E-state index < -0.39 is 0 Å². The molecule has 1 aromatic rings. The largest absolute Gasteiger partial charge is 0.347 e. The normalized spacial score (nSPS) is 32.6. The van der Waals surface area contributed by atoms with Gasteiger partial charge in [0.25, 0.3) is 5.91 Å². The van der Waals surface area contributed by atoms with Crippen molar-refractivity contribution in [1.29, 1.82) is 0 Å². The lowest BCUT2D eigenvalue weighted by atomic mass is 9.84. The van der Waals surface area contributed by atoms with Crippen LogP contribution in [0.1, 0.15) is 22.5 Å². The maximum absolute atomic E-state index is 11.9. The monoisotopic (exact) mass is 236 g/mol. The topological polar surface area (TPSA) is 32.3 Å². The summed E-state index contributed by atoms with van der Waals surface area (Å²) in [5.41, 5.74) is 0. The third-order valence-corrected chi connectivity index (χ3v) is 4.59. The standard InChI is InChI=1S/C12H16N2OS/c15-12(11-2-1-7-16-11)13-10-8-14-5-3-9(10)4-6-14/h1-2,7,9-10H,3-6,8H2,(H,13,15). The second-order valence-electron chi connectivity index (χ2n) is 4.70. The van der Waals surface area contributed by atoms with Gasteiger partial charge in [-0.2, -0.15) is 0 Å². The van der Waals surface area contributed by atoms with Crippen molar-refractivity contribution < 1.29 is 4.79 Å². The predicted octanol–water partition coefficient (Wildman–Crippen LogP) is 1.57. The summed E-state index contributed by atoms with van der Waals surface area (Å²) in [5.74, 6) is 0.808. The summed E-state index contributed by atoms with van der Waals surface area (Å²) in [6.07, 6.45) is 2.49. The zero-order chi connectivity index (χ0) is 11.0. The van der Waals surface area contributed by atoms with Crippen LogP contribution in [-0.2, 0) is 0 Å². The van der Waals surface area contributed by atoms with Gasteiger partial charge in [0.2, 0.25) is 0 Å². The van der Waals surface area contributed by atoms with Gasteiger partial charge in [0.05, 0.1) is 4.88 Å². The van der Waals surface area contributed by atoms with Crippen LogP contribution in [0.4, 0.5) is 0 Å². The summed E-state index contributed by atoms with van der Waals surface area (Å²) in [5, 5.41) is 5.13. The minimum atomic E-state index is 0.105. The van der Waals surface area contributed by atoms with Crippen molar-refractivity contribution in [3.05, 3.63) is 22.4 Å². The quantitative estimate of drug-likeness (QED) is 0.845. The number of hydrogen-bond donors (Lipinski definition) is 1. The van der Waals surface area contributed by atoms with Gasteiger partial charge in [-0.25, -0.2) is 0 Å². The number of carbonyl (C=O) groups is 1. The molecule has 2 bridgehead atoms. The summed E-state index contributed by atoms with van der Waals surface area (Å²) in [7, 11) is 0. The van der Waals surface area contributed by atoms with Crippen molar-refractivity contribution in [3.8, 4) is 0 Å². The van der Waals surface area contributed by atoms with Crippen LogP contribution in [0.3, 0.4) is 0 Å². The van der Waals surface area contributed by atoms with Crippen molar-refractivity contribution >= 4 is 17.2 Å². The van der Waals surface area contributed by atoms with Gasteiger partial charge in [-0.3, -0.25) is 4.79 Å². The first kappa shape index (κ1) is 10.3. The molecular formula is C12H16N2OS. The molecular weight excluding hydrogens is 220 g/mol. The Morgan fingerprint density at radius 2 is 2.25 bits per heavy atom. The zero-order valence-corrected chi connectivity index (χ0v) is 10.0. The molecule has 86 valence electrons. The Morgan fingerprint density at radius 1 is 1.44 bits per heavy atom. The predicted molar refractivity (Wildman–Crippen MR) is 64.7 cm³/mol. The van der Waals surface area contributed by atoms with E-state index in [0.29, 0.717) is 12.0 Å². The van der Waals surface area contributed by atoms with Crippen molar-refractivity contribution in [2.75, 3.05) is 19.6 Å². The minimum Gasteiger partial charge on any atom is -0.347 e. The highest BCUT2D eigenvalue weighted by Crippen LogP contribution is 2.27. The SMILES string of the molecule is O=C(NC1CN2CCC1CC2)c1cccs1. The maximum atomic E-state index is 11.9. The third-order valence-electron chi connectivity index (χ3n) is 3.72. The van der Waals surface area contributed by atoms with Crippen LogP contribution in [0, 0.1) is 5.92 Å². The fraction of sp³-hybridized carbons (Fsp3) is 0.583. The van der Waals surface area contributed by atoms with Crippen LogP contribution in [0.15, 0.2) is 17.5 Å². The summed E-state index contributed by atoms with van der Waals surface area (Å²) in [6, 6.07) is 4.19. The van der Waals surface area contributed by atoms with E-state index in [9.17, 15) is 4.79 Å². The molecule has 3 aliphatic rings. The molecule has 3 nitrogen and oxygen atoms in total. The fourth-order valence-corrected chi connectivity index (χ4v) is 3.40. The van der Waals surface area contributed by atoms with Crippen LogP contribution in [-0.4, -0.2) is 36.5 Å². The van der Waals surface area contributed by atoms with Crippen molar-refractivity contribution in [2.45, 2.75) is 18.9 Å². The van der Waals surface area contributed by atoms with E-state index in [0.717, 1.165) is 11.4 Å². The number of thiophene rings is 1. The van der Waals surface area contributed by atoms with Gasteiger partial charge in [-0.05, 0) is 43.3 Å². The molecule has 4 heterocycles. The van der Waals surface area contributed by atoms with Crippen LogP contribution >= 0.6 is 11.3 Å². The minimum absolute atomic E-state index is 0.105. The van der Waals surface area contributed by atoms with Crippen molar-refractivity contribution in [3.63, 3.8) is 0 Å². The third kappa shape index (κ3) is 1.87. The number of amides is 1.